The van der Waals surface area contributed by atoms with Crippen LogP contribution in [0.15, 0.2) is 59.1 Å². The molecule has 0 spiro atoms. The Morgan fingerprint density at radius 3 is 2.55 bits per heavy atom. The SMILES string of the molecule is COc1ccc(N2C(=O)CCC(C(=O)OCc3cc(C)on3)C2c2ccccc2OC)cc1. The Balaban J connectivity index is 1.71. The van der Waals surface area contributed by atoms with Crippen molar-refractivity contribution in [3.63, 3.8) is 0 Å². The summed E-state index contributed by atoms with van der Waals surface area (Å²) in [5.41, 5.74) is 1.94. The predicted octanol–water partition coefficient (Wildman–Crippen LogP) is 4.23. The van der Waals surface area contributed by atoms with Gasteiger partial charge in [0.15, 0.2) is 0 Å². The van der Waals surface area contributed by atoms with E-state index in [9.17, 15) is 9.59 Å². The molecule has 2 unspecified atom stereocenters. The summed E-state index contributed by atoms with van der Waals surface area (Å²) in [6.07, 6.45) is 0.589. The lowest BCUT2D eigenvalue weighted by Gasteiger charge is -2.40. The molecule has 2 atom stereocenters. The van der Waals surface area contributed by atoms with Gasteiger partial charge in [-0.1, -0.05) is 23.4 Å². The van der Waals surface area contributed by atoms with Crippen LogP contribution in [0.25, 0.3) is 0 Å². The number of anilines is 1. The van der Waals surface area contributed by atoms with Crippen LogP contribution in [0.2, 0.25) is 0 Å². The fourth-order valence-corrected chi connectivity index (χ4v) is 4.19. The van der Waals surface area contributed by atoms with Gasteiger partial charge in [-0.25, -0.2) is 0 Å². The Kier molecular flexibility index (Phi) is 6.63. The number of aryl methyl sites for hydroxylation is 1. The number of carbonyl (C=O) groups excluding carboxylic acids is 2. The van der Waals surface area contributed by atoms with Crippen molar-refractivity contribution in [1.82, 2.24) is 5.16 Å². The van der Waals surface area contributed by atoms with Crippen molar-refractivity contribution in [1.29, 1.82) is 0 Å². The molecule has 172 valence electrons. The molecule has 33 heavy (non-hydrogen) atoms. The molecule has 4 rings (SSSR count). The Morgan fingerprint density at radius 2 is 1.88 bits per heavy atom. The number of esters is 1. The monoisotopic (exact) mass is 450 g/mol. The molecule has 1 aliphatic rings. The highest BCUT2D eigenvalue weighted by Gasteiger charge is 2.43. The molecular weight excluding hydrogens is 424 g/mol. The van der Waals surface area contributed by atoms with E-state index in [0.29, 0.717) is 35.1 Å². The number of hydrogen-bond acceptors (Lipinski definition) is 7. The van der Waals surface area contributed by atoms with Gasteiger partial charge in [0.25, 0.3) is 0 Å². The number of methoxy groups -OCH3 is 2. The first-order valence-corrected chi connectivity index (χ1v) is 10.7. The number of ether oxygens (including phenoxy) is 3. The average molecular weight is 450 g/mol. The molecule has 8 heteroatoms. The summed E-state index contributed by atoms with van der Waals surface area (Å²) in [6, 6.07) is 15.7. The van der Waals surface area contributed by atoms with Crippen molar-refractivity contribution < 1.29 is 28.3 Å². The molecule has 1 fully saturated rings. The van der Waals surface area contributed by atoms with Crippen LogP contribution in [-0.2, 0) is 20.9 Å². The van der Waals surface area contributed by atoms with Gasteiger partial charge < -0.3 is 23.6 Å². The maximum atomic E-state index is 13.3. The lowest BCUT2D eigenvalue weighted by Crippen LogP contribution is -2.46. The molecule has 2 aromatic carbocycles. The van der Waals surface area contributed by atoms with E-state index < -0.39 is 17.9 Å². The molecule has 2 heterocycles. The topological polar surface area (TPSA) is 91.1 Å². The van der Waals surface area contributed by atoms with E-state index in [2.05, 4.69) is 5.16 Å². The zero-order valence-electron chi connectivity index (χ0n) is 18.8. The Labute approximate surface area is 192 Å². The standard InChI is InChI=1S/C25H26N2O6/c1-16-14-17(26-33-16)15-32-25(29)21-12-13-23(28)27(18-8-10-19(30-2)11-9-18)24(21)20-6-4-5-7-22(20)31-3/h4-11,14,21,24H,12-13,15H2,1-3H3. The molecule has 0 bridgehead atoms. The second-order valence-corrected chi connectivity index (χ2v) is 7.83. The van der Waals surface area contributed by atoms with E-state index in [0.717, 1.165) is 5.56 Å². The molecule has 3 aromatic rings. The molecule has 0 N–H and O–H groups in total. The normalized spacial score (nSPS) is 18.2. The number of nitrogens with zero attached hydrogens (tertiary/aromatic N) is 2. The Bertz CT molecular complexity index is 1120. The van der Waals surface area contributed by atoms with Gasteiger partial charge in [-0.15, -0.1) is 0 Å². The molecule has 1 amide bonds. The highest BCUT2D eigenvalue weighted by molar-refractivity contribution is 5.97. The third-order valence-electron chi connectivity index (χ3n) is 5.75. The van der Waals surface area contributed by atoms with Gasteiger partial charge in [-0.3, -0.25) is 9.59 Å². The largest absolute Gasteiger partial charge is 0.497 e. The molecular formula is C25H26N2O6. The van der Waals surface area contributed by atoms with E-state index >= 15 is 0 Å². The summed E-state index contributed by atoms with van der Waals surface area (Å²) in [6.45, 7) is 1.78. The van der Waals surface area contributed by atoms with Crippen LogP contribution in [0.3, 0.4) is 0 Å². The summed E-state index contributed by atoms with van der Waals surface area (Å²) in [4.78, 5) is 28.1. The first-order chi connectivity index (χ1) is 16.0. The zero-order chi connectivity index (χ0) is 23.4. The molecule has 1 aliphatic heterocycles. The third-order valence-corrected chi connectivity index (χ3v) is 5.75. The summed E-state index contributed by atoms with van der Waals surface area (Å²) in [7, 11) is 3.16. The number of benzene rings is 2. The van der Waals surface area contributed by atoms with Crippen molar-refractivity contribution in [3.05, 3.63) is 71.6 Å². The molecule has 0 radical (unpaired) electrons. The number of amides is 1. The summed E-state index contributed by atoms with van der Waals surface area (Å²) in [5.74, 6) is 0.845. The smallest absolute Gasteiger partial charge is 0.311 e. The minimum Gasteiger partial charge on any atom is -0.497 e. The maximum Gasteiger partial charge on any atom is 0.311 e. The molecule has 1 aromatic heterocycles. The average Bonchev–Trinajstić information content (AvgIpc) is 3.27. The van der Waals surface area contributed by atoms with E-state index in [4.69, 9.17) is 18.7 Å². The van der Waals surface area contributed by atoms with Crippen LogP contribution in [0.4, 0.5) is 5.69 Å². The van der Waals surface area contributed by atoms with E-state index in [-0.39, 0.29) is 18.9 Å². The van der Waals surface area contributed by atoms with Crippen LogP contribution >= 0.6 is 0 Å². The first kappa shape index (κ1) is 22.4. The van der Waals surface area contributed by atoms with Crippen LogP contribution in [0.5, 0.6) is 11.5 Å². The number of rotatable bonds is 7. The highest BCUT2D eigenvalue weighted by atomic mass is 16.5. The second-order valence-electron chi connectivity index (χ2n) is 7.83. The van der Waals surface area contributed by atoms with Crippen LogP contribution in [-0.4, -0.2) is 31.3 Å². The Hall–Kier alpha value is -3.81. The van der Waals surface area contributed by atoms with Crippen LogP contribution in [0, 0.1) is 12.8 Å². The molecule has 0 saturated carbocycles. The predicted molar refractivity (Wildman–Crippen MR) is 120 cm³/mol. The molecule has 0 aliphatic carbocycles. The minimum atomic E-state index is -0.595. The molecule has 8 nitrogen and oxygen atoms in total. The van der Waals surface area contributed by atoms with Gasteiger partial charge in [-0.05, 0) is 43.7 Å². The summed E-state index contributed by atoms with van der Waals surface area (Å²) >= 11 is 0. The van der Waals surface area contributed by atoms with E-state index in [1.807, 2.05) is 36.4 Å². The number of hydrogen-bond donors (Lipinski definition) is 0. The van der Waals surface area contributed by atoms with E-state index in [1.165, 1.54) is 0 Å². The number of carbonyl (C=O) groups is 2. The zero-order valence-corrected chi connectivity index (χ0v) is 18.8. The second kappa shape index (κ2) is 9.77. The molecule has 1 saturated heterocycles. The van der Waals surface area contributed by atoms with Gasteiger partial charge in [0.2, 0.25) is 5.91 Å². The minimum absolute atomic E-state index is 0.00179. The summed E-state index contributed by atoms with van der Waals surface area (Å²) < 4.78 is 21.5. The number of aromatic nitrogens is 1. The van der Waals surface area contributed by atoms with Crippen LogP contribution < -0.4 is 14.4 Å². The van der Waals surface area contributed by atoms with E-state index in [1.54, 1.807) is 44.2 Å². The summed E-state index contributed by atoms with van der Waals surface area (Å²) in [5, 5.41) is 3.88. The highest BCUT2D eigenvalue weighted by Crippen LogP contribution is 2.43. The van der Waals surface area contributed by atoms with Crippen LogP contribution in [0.1, 0.15) is 35.9 Å². The van der Waals surface area contributed by atoms with Crippen molar-refractivity contribution >= 4 is 17.6 Å². The van der Waals surface area contributed by atoms with Gasteiger partial charge in [0.1, 0.15) is 29.6 Å². The fraction of sp³-hybridized carbons (Fsp3) is 0.320. The van der Waals surface area contributed by atoms with Crippen molar-refractivity contribution in [2.75, 3.05) is 19.1 Å². The maximum absolute atomic E-state index is 13.3. The third kappa shape index (κ3) is 4.69. The number of piperidine rings is 1. The fourth-order valence-electron chi connectivity index (χ4n) is 4.19. The van der Waals surface area contributed by atoms with Crippen molar-refractivity contribution in [2.24, 2.45) is 5.92 Å². The first-order valence-electron chi connectivity index (χ1n) is 10.7. The van der Waals surface area contributed by atoms with Gasteiger partial charge in [-0.2, -0.15) is 0 Å². The number of para-hydroxylation sites is 1. The van der Waals surface area contributed by atoms with Gasteiger partial charge in [0.05, 0.1) is 26.2 Å². The van der Waals surface area contributed by atoms with Gasteiger partial charge >= 0.3 is 5.97 Å². The Morgan fingerprint density at radius 1 is 1.12 bits per heavy atom. The lowest BCUT2D eigenvalue weighted by atomic mass is 9.83. The quantitative estimate of drug-likeness (QED) is 0.498. The van der Waals surface area contributed by atoms with Crippen molar-refractivity contribution in [3.8, 4) is 11.5 Å². The van der Waals surface area contributed by atoms with Gasteiger partial charge in [0, 0.05) is 23.7 Å². The van der Waals surface area contributed by atoms with Crippen molar-refractivity contribution in [2.45, 2.75) is 32.4 Å². The lowest BCUT2D eigenvalue weighted by molar-refractivity contribution is -0.152.